The Morgan fingerprint density at radius 3 is 2.33 bits per heavy atom. The highest BCUT2D eigenvalue weighted by Gasteiger charge is 2.50. The lowest BCUT2D eigenvalue weighted by atomic mass is 9.82. The molecule has 1 heterocycles. The summed E-state index contributed by atoms with van der Waals surface area (Å²) in [7, 11) is 1.36. The number of benzene rings is 1. The first-order valence-electron chi connectivity index (χ1n) is 6.50. The van der Waals surface area contributed by atoms with Crippen LogP contribution in [0.5, 0.6) is 0 Å². The molecule has 0 spiro atoms. The third kappa shape index (κ3) is 2.90. The van der Waals surface area contributed by atoms with E-state index >= 15 is 0 Å². The lowest BCUT2D eigenvalue weighted by molar-refractivity contribution is -0.0214. The Kier molecular flexibility index (Phi) is 4.55. The summed E-state index contributed by atoms with van der Waals surface area (Å²) in [4.78, 5) is 1.38. The van der Waals surface area contributed by atoms with E-state index in [1.807, 2.05) is 18.2 Å². The van der Waals surface area contributed by atoms with Gasteiger partial charge in [-0.1, -0.05) is 30.3 Å². The molecule has 114 valence electrons. The molecule has 7 heteroatoms. The summed E-state index contributed by atoms with van der Waals surface area (Å²) in [6.07, 6.45) is 3.07. The van der Waals surface area contributed by atoms with Crippen LogP contribution in [0.25, 0.3) is 0 Å². The van der Waals surface area contributed by atoms with Crippen molar-refractivity contribution in [1.29, 1.82) is 0 Å². The largest absolute Gasteiger partial charge is 0.381 e. The molecule has 2 atom stereocenters. The minimum absolute atomic E-state index is 0.0755. The molecular formula is C14H19N3O3S. The molecule has 0 aliphatic heterocycles. The van der Waals surface area contributed by atoms with Crippen LogP contribution in [0, 0.1) is 0 Å². The first kappa shape index (κ1) is 15.8. The molecule has 2 aromatic rings. The zero-order valence-corrected chi connectivity index (χ0v) is 13.1. The Balaban J connectivity index is 2.51. The van der Waals surface area contributed by atoms with E-state index in [2.05, 4.69) is 10.2 Å². The van der Waals surface area contributed by atoms with Crippen molar-refractivity contribution >= 4 is 11.1 Å². The summed E-state index contributed by atoms with van der Waals surface area (Å²) in [5.41, 5.74) is -0.813. The summed E-state index contributed by atoms with van der Waals surface area (Å²) in [5, 5.41) is 19.4. The van der Waals surface area contributed by atoms with Gasteiger partial charge in [-0.2, -0.15) is 15.0 Å². The van der Waals surface area contributed by atoms with Crippen LogP contribution in [0.2, 0.25) is 0 Å². The fourth-order valence-electron chi connectivity index (χ4n) is 2.22. The molecule has 0 aliphatic rings. The van der Waals surface area contributed by atoms with Gasteiger partial charge in [-0.05, 0) is 19.4 Å². The highest BCUT2D eigenvalue weighted by atomic mass is 32.2. The van der Waals surface area contributed by atoms with Crippen LogP contribution in [0.15, 0.2) is 42.7 Å². The maximum atomic E-state index is 12.3. The molecule has 1 aromatic carbocycles. The second-order valence-electron chi connectivity index (χ2n) is 5.20. The fourth-order valence-corrected chi connectivity index (χ4v) is 3.09. The average molecular weight is 309 g/mol. The summed E-state index contributed by atoms with van der Waals surface area (Å²) in [5.74, 6) is 0. The Hall–Kier alpha value is -1.57. The number of hydrogen-bond acceptors (Lipinski definition) is 5. The average Bonchev–Trinajstić information content (AvgIpc) is 2.99. The zero-order valence-electron chi connectivity index (χ0n) is 12.3. The minimum atomic E-state index is -1.69. The molecule has 0 saturated heterocycles. The Bertz CT molecular complexity index is 601. The summed E-state index contributed by atoms with van der Waals surface area (Å²) in [6.45, 7) is 3.47. The van der Waals surface area contributed by atoms with Crippen molar-refractivity contribution in [3.63, 3.8) is 0 Å². The van der Waals surface area contributed by atoms with Crippen molar-refractivity contribution in [3.05, 3.63) is 48.3 Å². The second kappa shape index (κ2) is 6.05. The van der Waals surface area contributed by atoms with Crippen LogP contribution >= 0.6 is 0 Å². The number of rotatable bonds is 6. The van der Waals surface area contributed by atoms with E-state index in [0.29, 0.717) is 5.56 Å². The Morgan fingerprint density at radius 1 is 1.24 bits per heavy atom. The van der Waals surface area contributed by atoms with Gasteiger partial charge in [-0.3, -0.25) is 4.18 Å². The van der Waals surface area contributed by atoms with Gasteiger partial charge in [-0.25, -0.2) is 4.21 Å². The standard InChI is InChI=1S/C14H19N3O3S/c1-13(2,21(19)20-3)14(18,11-17-15-9-10-16-17)12-7-5-4-6-8-12/h4-10,18H,11H2,1-3H3. The SMILES string of the molecule is COS(=O)C(C)(C)C(O)(Cn1nccn1)c1ccccc1. The third-order valence-electron chi connectivity index (χ3n) is 3.65. The second-order valence-corrected chi connectivity index (χ2v) is 7.02. The molecule has 2 unspecified atom stereocenters. The predicted molar refractivity (Wildman–Crippen MR) is 79.6 cm³/mol. The maximum Gasteiger partial charge on any atom is 0.164 e. The topological polar surface area (TPSA) is 77.2 Å². The summed E-state index contributed by atoms with van der Waals surface area (Å²) >= 11 is -1.69. The van der Waals surface area contributed by atoms with Gasteiger partial charge in [0.05, 0.1) is 26.0 Å². The van der Waals surface area contributed by atoms with E-state index < -0.39 is 21.4 Å². The predicted octanol–water partition coefficient (Wildman–Crippen LogP) is 1.25. The molecule has 2 rings (SSSR count). The monoisotopic (exact) mass is 309 g/mol. The highest BCUT2D eigenvalue weighted by Crippen LogP contribution is 2.38. The van der Waals surface area contributed by atoms with Crippen molar-refractivity contribution in [1.82, 2.24) is 15.0 Å². The Morgan fingerprint density at radius 2 is 1.81 bits per heavy atom. The normalized spacial score (nSPS) is 16.4. The number of nitrogens with zero attached hydrogens (tertiary/aromatic N) is 3. The van der Waals surface area contributed by atoms with Gasteiger partial charge in [0, 0.05) is 0 Å². The quantitative estimate of drug-likeness (QED) is 0.869. The molecule has 0 aliphatic carbocycles. The highest BCUT2D eigenvalue weighted by molar-refractivity contribution is 7.81. The van der Waals surface area contributed by atoms with E-state index in [-0.39, 0.29) is 6.54 Å². The van der Waals surface area contributed by atoms with Crippen LogP contribution in [0.3, 0.4) is 0 Å². The van der Waals surface area contributed by atoms with Crippen LogP contribution in [-0.4, -0.2) is 36.2 Å². The molecule has 0 fully saturated rings. The third-order valence-corrected chi connectivity index (χ3v) is 5.13. The Labute approximate surface area is 126 Å². The van der Waals surface area contributed by atoms with Gasteiger partial charge in [0.15, 0.2) is 11.1 Å². The van der Waals surface area contributed by atoms with Gasteiger partial charge < -0.3 is 5.11 Å². The van der Waals surface area contributed by atoms with E-state index in [4.69, 9.17) is 4.18 Å². The van der Waals surface area contributed by atoms with Gasteiger partial charge in [0.25, 0.3) is 0 Å². The van der Waals surface area contributed by atoms with Crippen molar-refractivity contribution in [3.8, 4) is 0 Å². The van der Waals surface area contributed by atoms with Crippen molar-refractivity contribution < 1.29 is 13.5 Å². The molecule has 0 bridgehead atoms. The van der Waals surface area contributed by atoms with Crippen molar-refractivity contribution in [2.24, 2.45) is 0 Å². The minimum Gasteiger partial charge on any atom is -0.381 e. The molecule has 21 heavy (non-hydrogen) atoms. The number of aromatic nitrogens is 3. The molecule has 1 N–H and O–H groups in total. The van der Waals surface area contributed by atoms with Crippen LogP contribution in [-0.2, 0) is 27.4 Å². The smallest absolute Gasteiger partial charge is 0.164 e. The molecule has 0 saturated carbocycles. The maximum absolute atomic E-state index is 12.3. The molecule has 6 nitrogen and oxygen atoms in total. The van der Waals surface area contributed by atoms with Crippen LogP contribution in [0.1, 0.15) is 19.4 Å². The molecule has 1 aromatic heterocycles. The molecule has 0 radical (unpaired) electrons. The van der Waals surface area contributed by atoms with E-state index in [1.165, 1.54) is 24.3 Å². The number of aliphatic hydroxyl groups is 1. The van der Waals surface area contributed by atoms with Crippen molar-refractivity contribution in [2.75, 3.05) is 7.11 Å². The van der Waals surface area contributed by atoms with E-state index in [1.54, 1.807) is 26.0 Å². The first-order valence-corrected chi connectivity index (χ1v) is 7.57. The van der Waals surface area contributed by atoms with Gasteiger partial charge >= 0.3 is 0 Å². The zero-order chi connectivity index (χ0) is 15.5. The van der Waals surface area contributed by atoms with E-state index in [9.17, 15) is 9.32 Å². The number of hydrogen-bond donors (Lipinski definition) is 1. The first-order chi connectivity index (χ1) is 9.91. The molecular weight excluding hydrogens is 290 g/mol. The van der Waals surface area contributed by atoms with Crippen LogP contribution in [0.4, 0.5) is 0 Å². The summed E-state index contributed by atoms with van der Waals surface area (Å²) < 4.78 is 16.2. The van der Waals surface area contributed by atoms with Gasteiger partial charge in [0.1, 0.15) is 10.3 Å². The lowest BCUT2D eigenvalue weighted by Gasteiger charge is -2.40. The van der Waals surface area contributed by atoms with E-state index in [0.717, 1.165) is 0 Å². The van der Waals surface area contributed by atoms with Gasteiger partial charge in [0.2, 0.25) is 0 Å². The van der Waals surface area contributed by atoms with Crippen molar-refractivity contribution in [2.45, 2.75) is 30.7 Å². The summed E-state index contributed by atoms with van der Waals surface area (Å²) in [6, 6.07) is 9.08. The van der Waals surface area contributed by atoms with Crippen LogP contribution < -0.4 is 0 Å². The lowest BCUT2D eigenvalue weighted by Crippen LogP contribution is -2.53. The molecule has 0 amide bonds. The fraction of sp³-hybridized carbons (Fsp3) is 0.429. The van der Waals surface area contributed by atoms with Gasteiger partial charge in [-0.15, -0.1) is 0 Å².